The van der Waals surface area contributed by atoms with E-state index in [1.807, 2.05) is 50.2 Å². The van der Waals surface area contributed by atoms with Crippen molar-refractivity contribution in [1.29, 1.82) is 0 Å². The Bertz CT molecular complexity index is 550. The van der Waals surface area contributed by atoms with E-state index in [2.05, 4.69) is 34.7 Å². The predicted molar refractivity (Wildman–Crippen MR) is 91.1 cm³/mol. The van der Waals surface area contributed by atoms with Crippen molar-refractivity contribution in [2.75, 3.05) is 7.11 Å². The molecule has 0 aliphatic carbocycles. The van der Waals surface area contributed by atoms with Crippen molar-refractivity contribution >= 4 is 28.6 Å². The lowest BCUT2D eigenvalue weighted by Gasteiger charge is -2.06. The normalized spacial score (nSPS) is 9.40. The van der Waals surface area contributed by atoms with Gasteiger partial charge >= 0.3 is 5.97 Å². The SMILES string of the molecule is CC.COC(=O)c1cc(Cc2ccccc2)ccc1I. The van der Waals surface area contributed by atoms with Crippen molar-refractivity contribution in [3.63, 3.8) is 0 Å². The first-order valence-electron chi connectivity index (χ1n) is 6.61. The van der Waals surface area contributed by atoms with Gasteiger partial charge in [0.1, 0.15) is 0 Å². The quantitative estimate of drug-likeness (QED) is 0.569. The van der Waals surface area contributed by atoms with Crippen LogP contribution >= 0.6 is 22.6 Å². The zero-order chi connectivity index (χ0) is 15.0. The summed E-state index contributed by atoms with van der Waals surface area (Å²) in [6.07, 6.45) is 0.821. The van der Waals surface area contributed by atoms with E-state index in [0.29, 0.717) is 5.56 Å². The molecule has 2 aromatic rings. The Morgan fingerprint density at radius 3 is 2.30 bits per heavy atom. The molecule has 2 nitrogen and oxygen atoms in total. The van der Waals surface area contributed by atoms with Crippen LogP contribution in [0.3, 0.4) is 0 Å². The number of halogens is 1. The Labute approximate surface area is 134 Å². The van der Waals surface area contributed by atoms with Gasteiger partial charge in [-0.05, 0) is 52.3 Å². The van der Waals surface area contributed by atoms with Crippen LogP contribution in [0.15, 0.2) is 48.5 Å². The maximum Gasteiger partial charge on any atom is 0.338 e. The fourth-order valence-electron chi connectivity index (χ4n) is 1.78. The van der Waals surface area contributed by atoms with Gasteiger partial charge in [-0.25, -0.2) is 4.79 Å². The summed E-state index contributed by atoms with van der Waals surface area (Å²) in [5, 5.41) is 0. The molecule has 0 saturated heterocycles. The number of hydrogen-bond donors (Lipinski definition) is 0. The first-order valence-corrected chi connectivity index (χ1v) is 7.69. The molecular weight excluding hydrogens is 363 g/mol. The molecule has 0 unspecified atom stereocenters. The van der Waals surface area contributed by atoms with Gasteiger partial charge in [0.05, 0.1) is 12.7 Å². The Kier molecular flexibility index (Phi) is 7.30. The molecule has 0 radical (unpaired) electrons. The van der Waals surface area contributed by atoms with Gasteiger partial charge in [0, 0.05) is 3.57 Å². The molecule has 0 heterocycles. The van der Waals surface area contributed by atoms with Crippen LogP contribution in [-0.2, 0) is 11.2 Å². The van der Waals surface area contributed by atoms with E-state index < -0.39 is 0 Å². The lowest BCUT2D eigenvalue weighted by Crippen LogP contribution is -2.04. The molecule has 0 aliphatic heterocycles. The molecule has 0 aromatic heterocycles. The maximum absolute atomic E-state index is 11.6. The van der Waals surface area contributed by atoms with Crippen LogP contribution in [0.5, 0.6) is 0 Å². The second-order valence-corrected chi connectivity index (χ2v) is 5.13. The predicted octanol–water partition coefficient (Wildman–Crippen LogP) is 4.69. The summed E-state index contributed by atoms with van der Waals surface area (Å²) >= 11 is 2.15. The summed E-state index contributed by atoms with van der Waals surface area (Å²) in [5.41, 5.74) is 2.98. The number of ether oxygens (including phenoxy) is 1. The molecule has 2 aromatic carbocycles. The molecule has 0 spiro atoms. The molecule has 0 aliphatic rings. The highest BCUT2D eigenvalue weighted by atomic mass is 127. The molecule has 3 heteroatoms. The number of methoxy groups -OCH3 is 1. The highest BCUT2D eigenvalue weighted by Crippen LogP contribution is 2.18. The number of carbonyl (C=O) groups is 1. The van der Waals surface area contributed by atoms with E-state index in [9.17, 15) is 4.79 Å². The van der Waals surface area contributed by atoms with Gasteiger partial charge in [-0.1, -0.05) is 50.2 Å². The summed E-state index contributed by atoms with van der Waals surface area (Å²) in [6.45, 7) is 4.00. The highest BCUT2D eigenvalue weighted by Gasteiger charge is 2.10. The second kappa shape index (κ2) is 8.74. The van der Waals surface area contributed by atoms with Gasteiger partial charge in [0.2, 0.25) is 0 Å². The summed E-state index contributed by atoms with van der Waals surface area (Å²) in [4.78, 5) is 11.6. The average molecular weight is 382 g/mol. The van der Waals surface area contributed by atoms with Gasteiger partial charge < -0.3 is 4.74 Å². The fraction of sp³-hybridized carbons (Fsp3) is 0.235. The zero-order valence-corrected chi connectivity index (χ0v) is 14.2. The van der Waals surface area contributed by atoms with Crippen LogP contribution < -0.4 is 0 Å². The third-order valence-corrected chi connectivity index (χ3v) is 3.63. The van der Waals surface area contributed by atoms with Crippen LogP contribution in [0, 0.1) is 3.57 Å². The van der Waals surface area contributed by atoms with Crippen molar-refractivity contribution in [2.45, 2.75) is 20.3 Å². The van der Waals surface area contributed by atoms with Crippen molar-refractivity contribution in [3.8, 4) is 0 Å². The Balaban J connectivity index is 0.000000956. The van der Waals surface area contributed by atoms with E-state index in [4.69, 9.17) is 4.74 Å². The van der Waals surface area contributed by atoms with Crippen LogP contribution in [0.25, 0.3) is 0 Å². The molecular formula is C17H19IO2. The minimum absolute atomic E-state index is 0.283. The fourth-order valence-corrected chi connectivity index (χ4v) is 2.34. The topological polar surface area (TPSA) is 26.3 Å². The van der Waals surface area contributed by atoms with E-state index in [1.165, 1.54) is 12.7 Å². The van der Waals surface area contributed by atoms with Crippen LogP contribution in [0.2, 0.25) is 0 Å². The second-order valence-electron chi connectivity index (χ2n) is 3.97. The molecule has 0 amide bonds. The molecule has 0 N–H and O–H groups in total. The van der Waals surface area contributed by atoms with E-state index in [-0.39, 0.29) is 5.97 Å². The van der Waals surface area contributed by atoms with Crippen molar-refractivity contribution in [2.24, 2.45) is 0 Å². The minimum atomic E-state index is -0.283. The first-order chi connectivity index (χ1) is 9.70. The summed E-state index contributed by atoms with van der Waals surface area (Å²) < 4.78 is 5.69. The third kappa shape index (κ3) is 4.63. The van der Waals surface area contributed by atoms with E-state index in [1.54, 1.807) is 0 Å². The Morgan fingerprint density at radius 1 is 1.05 bits per heavy atom. The molecule has 2 rings (SSSR count). The number of hydrogen-bond acceptors (Lipinski definition) is 2. The van der Waals surface area contributed by atoms with Gasteiger partial charge in [0.15, 0.2) is 0 Å². The molecule has 0 saturated carbocycles. The van der Waals surface area contributed by atoms with E-state index >= 15 is 0 Å². The maximum atomic E-state index is 11.6. The number of benzene rings is 2. The summed E-state index contributed by atoms with van der Waals surface area (Å²) in [7, 11) is 1.41. The van der Waals surface area contributed by atoms with Gasteiger partial charge in [-0.3, -0.25) is 0 Å². The molecule has 106 valence electrons. The van der Waals surface area contributed by atoms with Crippen molar-refractivity contribution in [3.05, 3.63) is 68.8 Å². The third-order valence-electron chi connectivity index (χ3n) is 2.69. The van der Waals surface area contributed by atoms with Crippen molar-refractivity contribution < 1.29 is 9.53 Å². The van der Waals surface area contributed by atoms with Gasteiger partial charge in [-0.2, -0.15) is 0 Å². The molecule has 0 atom stereocenters. The minimum Gasteiger partial charge on any atom is -0.465 e. The lowest BCUT2D eigenvalue weighted by atomic mass is 10.0. The molecule has 20 heavy (non-hydrogen) atoms. The monoisotopic (exact) mass is 382 g/mol. The molecule has 0 fully saturated rings. The van der Waals surface area contributed by atoms with Crippen molar-refractivity contribution in [1.82, 2.24) is 0 Å². The number of rotatable bonds is 3. The average Bonchev–Trinajstić information content (AvgIpc) is 2.51. The van der Waals surface area contributed by atoms with Gasteiger partial charge in [0.25, 0.3) is 0 Å². The number of esters is 1. The van der Waals surface area contributed by atoms with Crippen LogP contribution in [0.1, 0.15) is 35.3 Å². The van der Waals surface area contributed by atoms with Crippen LogP contribution in [0.4, 0.5) is 0 Å². The number of carbonyl (C=O) groups excluding carboxylic acids is 1. The largest absolute Gasteiger partial charge is 0.465 e. The first kappa shape index (κ1) is 16.7. The zero-order valence-electron chi connectivity index (χ0n) is 12.0. The van der Waals surface area contributed by atoms with Gasteiger partial charge in [-0.15, -0.1) is 0 Å². The standard InChI is InChI=1S/C15H13IO2.C2H6/c1-18-15(17)13-10-12(7-8-14(13)16)9-11-5-3-2-4-6-11;1-2/h2-8,10H,9H2,1H3;1-2H3. The van der Waals surface area contributed by atoms with Crippen LogP contribution in [-0.4, -0.2) is 13.1 Å². The Morgan fingerprint density at radius 2 is 1.70 bits per heavy atom. The van der Waals surface area contributed by atoms with E-state index in [0.717, 1.165) is 15.6 Å². The Hall–Kier alpha value is -1.36. The summed E-state index contributed by atoms with van der Waals surface area (Å²) in [6, 6.07) is 16.1. The summed E-state index contributed by atoms with van der Waals surface area (Å²) in [5.74, 6) is -0.283. The smallest absolute Gasteiger partial charge is 0.338 e. The highest BCUT2D eigenvalue weighted by molar-refractivity contribution is 14.1. The lowest BCUT2D eigenvalue weighted by molar-refractivity contribution is 0.0599. The molecule has 0 bridgehead atoms.